The Kier molecular flexibility index (Phi) is 4.30. The number of rotatable bonds is 3. The molecule has 108 valence electrons. The number of sulfonamides is 1. The quantitative estimate of drug-likeness (QED) is 0.905. The number of nitrogens with zero attached hydrogens (tertiary/aromatic N) is 2. The summed E-state index contributed by atoms with van der Waals surface area (Å²) in [6.45, 7) is 3.44. The van der Waals surface area contributed by atoms with Crippen molar-refractivity contribution in [1.82, 2.24) is 4.98 Å². The highest BCUT2D eigenvalue weighted by Crippen LogP contribution is 2.21. The van der Waals surface area contributed by atoms with Crippen LogP contribution in [0.1, 0.15) is 16.8 Å². The molecule has 1 aromatic heterocycles. The number of aromatic nitrogens is 1. The molecule has 0 aliphatic rings. The maximum absolute atomic E-state index is 12.4. The Labute approximate surface area is 131 Å². The molecule has 2 aromatic rings. The normalized spacial score (nSPS) is 11.0. The molecular formula is C14H12BrN3O2S. The second-order valence-electron chi connectivity index (χ2n) is 4.46. The van der Waals surface area contributed by atoms with Crippen LogP contribution in [-0.2, 0) is 10.0 Å². The molecular weight excluding hydrogens is 354 g/mol. The number of hydrogen-bond donors (Lipinski definition) is 1. The number of benzene rings is 1. The van der Waals surface area contributed by atoms with E-state index in [0.29, 0.717) is 16.8 Å². The number of nitrogens with one attached hydrogen (secondary N) is 1. The highest BCUT2D eigenvalue weighted by Gasteiger charge is 2.18. The van der Waals surface area contributed by atoms with Crippen molar-refractivity contribution in [1.29, 1.82) is 5.26 Å². The summed E-state index contributed by atoms with van der Waals surface area (Å²) in [6, 6.07) is 9.76. The van der Waals surface area contributed by atoms with Crippen LogP contribution in [-0.4, -0.2) is 13.4 Å². The molecule has 0 saturated carbocycles. The topological polar surface area (TPSA) is 82.8 Å². The Hall–Kier alpha value is -1.91. The van der Waals surface area contributed by atoms with E-state index in [4.69, 9.17) is 5.26 Å². The number of aryl methyl sites for hydroxylation is 2. The SMILES string of the molecule is Cc1ccc(C#N)cc1S(=O)(=O)Nc1ccc(Br)c(C)n1. The van der Waals surface area contributed by atoms with Gasteiger partial charge in [0.25, 0.3) is 10.0 Å². The molecule has 1 aromatic carbocycles. The Morgan fingerprint density at radius 1 is 1.24 bits per heavy atom. The maximum atomic E-state index is 12.4. The van der Waals surface area contributed by atoms with E-state index < -0.39 is 10.0 Å². The minimum Gasteiger partial charge on any atom is -0.263 e. The lowest BCUT2D eigenvalue weighted by Crippen LogP contribution is -2.15. The summed E-state index contributed by atoms with van der Waals surface area (Å²) in [6.07, 6.45) is 0. The lowest BCUT2D eigenvalue weighted by molar-refractivity contribution is 0.600. The zero-order valence-corrected chi connectivity index (χ0v) is 13.8. The molecule has 0 radical (unpaired) electrons. The largest absolute Gasteiger partial charge is 0.263 e. The molecule has 5 nitrogen and oxygen atoms in total. The number of anilines is 1. The van der Waals surface area contributed by atoms with Crippen molar-refractivity contribution in [3.8, 4) is 6.07 Å². The van der Waals surface area contributed by atoms with Crippen molar-refractivity contribution in [2.45, 2.75) is 18.7 Å². The van der Waals surface area contributed by atoms with Crippen LogP contribution in [0.5, 0.6) is 0 Å². The van der Waals surface area contributed by atoms with E-state index in [9.17, 15) is 8.42 Å². The van der Waals surface area contributed by atoms with Gasteiger partial charge in [-0.25, -0.2) is 13.4 Å². The van der Waals surface area contributed by atoms with Crippen LogP contribution in [0.2, 0.25) is 0 Å². The second kappa shape index (κ2) is 5.84. The molecule has 1 N–H and O–H groups in total. The molecule has 0 bridgehead atoms. The van der Waals surface area contributed by atoms with Gasteiger partial charge in [-0.05, 0) is 59.6 Å². The Morgan fingerprint density at radius 2 is 1.95 bits per heavy atom. The standard InChI is InChI=1S/C14H12BrN3O2S/c1-9-3-4-11(8-16)7-13(9)21(19,20)18-14-6-5-12(15)10(2)17-14/h3-7H,1-2H3,(H,17,18). The molecule has 0 amide bonds. The molecule has 0 fully saturated rings. The van der Waals surface area contributed by atoms with Crippen molar-refractivity contribution < 1.29 is 8.42 Å². The van der Waals surface area contributed by atoms with Crippen molar-refractivity contribution in [2.24, 2.45) is 0 Å². The van der Waals surface area contributed by atoms with Crippen LogP contribution in [0.3, 0.4) is 0 Å². The van der Waals surface area contributed by atoms with E-state index in [1.807, 2.05) is 6.07 Å². The van der Waals surface area contributed by atoms with Gasteiger partial charge in [-0.2, -0.15) is 5.26 Å². The van der Waals surface area contributed by atoms with Gasteiger partial charge >= 0.3 is 0 Å². The Morgan fingerprint density at radius 3 is 2.57 bits per heavy atom. The summed E-state index contributed by atoms with van der Waals surface area (Å²) in [7, 11) is -3.79. The van der Waals surface area contributed by atoms with E-state index in [1.165, 1.54) is 6.07 Å². The van der Waals surface area contributed by atoms with Gasteiger partial charge in [0.05, 0.1) is 22.2 Å². The minimum absolute atomic E-state index is 0.0731. The zero-order valence-electron chi connectivity index (χ0n) is 11.4. The van der Waals surface area contributed by atoms with Crippen LogP contribution < -0.4 is 4.72 Å². The highest BCUT2D eigenvalue weighted by atomic mass is 79.9. The summed E-state index contributed by atoms with van der Waals surface area (Å²) in [5.41, 5.74) is 1.54. The molecule has 0 spiro atoms. The third-order valence-electron chi connectivity index (χ3n) is 2.87. The average molecular weight is 366 g/mol. The lowest BCUT2D eigenvalue weighted by Gasteiger charge is -2.10. The highest BCUT2D eigenvalue weighted by molar-refractivity contribution is 9.10. The first-order valence-corrected chi connectivity index (χ1v) is 8.28. The Balaban J connectivity index is 2.43. The third kappa shape index (κ3) is 3.40. The molecule has 21 heavy (non-hydrogen) atoms. The fraction of sp³-hybridized carbons (Fsp3) is 0.143. The molecule has 0 saturated heterocycles. The number of nitriles is 1. The molecule has 0 aliphatic heterocycles. The predicted molar refractivity (Wildman–Crippen MR) is 83.4 cm³/mol. The first kappa shape index (κ1) is 15.5. The summed E-state index contributed by atoms with van der Waals surface area (Å²) in [5.74, 6) is 0.234. The minimum atomic E-state index is -3.79. The maximum Gasteiger partial charge on any atom is 0.263 e. The van der Waals surface area contributed by atoms with Gasteiger partial charge < -0.3 is 0 Å². The molecule has 0 unspecified atom stereocenters. The second-order valence-corrected chi connectivity index (χ2v) is 6.97. The van der Waals surface area contributed by atoms with Crippen LogP contribution in [0.15, 0.2) is 39.7 Å². The van der Waals surface area contributed by atoms with Gasteiger partial charge in [0.15, 0.2) is 0 Å². The first-order valence-electron chi connectivity index (χ1n) is 6.00. The van der Waals surface area contributed by atoms with Gasteiger partial charge in [0.2, 0.25) is 0 Å². The van der Waals surface area contributed by atoms with Crippen molar-refractivity contribution >= 4 is 31.8 Å². The number of hydrogen-bond acceptors (Lipinski definition) is 4. The third-order valence-corrected chi connectivity index (χ3v) is 5.20. The monoisotopic (exact) mass is 365 g/mol. The number of halogens is 1. The molecule has 1 heterocycles. The summed E-state index contributed by atoms with van der Waals surface area (Å²) < 4.78 is 28.1. The fourth-order valence-corrected chi connectivity index (χ4v) is 3.25. The van der Waals surface area contributed by atoms with Crippen molar-refractivity contribution in [3.05, 3.63) is 51.6 Å². The van der Waals surface area contributed by atoms with Crippen LogP contribution in [0.25, 0.3) is 0 Å². The van der Waals surface area contributed by atoms with E-state index in [-0.39, 0.29) is 10.7 Å². The van der Waals surface area contributed by atoms with Crippen molar-refractivity contribution in [3.63, 3.8) is 0 Å². The van der Waals surface area contributed by atoms with E-state index in [2.05, 4.69) is 25.6 Å². The van der Waals surface area contributed by atoms with Gasteiger partial charge in [-0.15, -0.1) is 0 Å². The first-order chi connectivity index (χ1) is 9.83. The lowest BCUT2D eigenvalue weighted by atomic mass is 10.2. The molecule has 7 heteroatoms. The molecule has 2 rings (SSSR count). The average Bonchev–Trinajstić information content (AvgIpc) is 2.43. The molecule has 0 aliphatic carbocycles. The van der Waals surface area contributed by atoms with Crippen LogP contribution in [0, 0.1) is 25.2 Å². The Bertz CT molecular complexity index is 842. The smallest absolute Gasteiger partial charge is 0.263 e. The van der Waals surface area contributed by atoms with Gasteiger partial charge in [-0.1, -0.05) is 6.07 Å². The van der Waals surface area contributed by atoms with Crippen LogP contribution >= 0.6 is 15.9 Å². The summed E-state index contributed by atoms with van der Waals surface area (Å²) >= 11 is 3.31. The van der Waals surface area contributed by atoms with Gasteiger partial charge in [0, 0.05) is 4.47 Å². The summed E-state index contributed by atoms with van der Waals surface area (Å²) in [4.78, 5) is 4.23. The number of pyridine rings is 1. The van der Waals surface area contributed by atoms with E-state index in [0.717, 1.165) is 4.47 Å². The zero-order chi connectivity index (χ0) is 15.6. The van der Waals surface area contributed by atoms with Gasteiger partial charge in [-0.3, -0.25) is 4.72 Å². The fourth-order valence-electron chi connectivity index (χ4n) is 1.75. The van der Waals surface area contributed by atoms with Gasteiger partial charge in [0.1, 0.15) is 5.82 Å². The van der Waals surface area contributed by atoms with Crippen molar-refractivity contribution in [2.75, 3.05) is 4.72 Å². The molecule has 0 atom stereocenters. The predicted octanol–water partition coefficient (Wildman–Crippen LogP) is 3.13. The van der Waals surface area contributed by atoms with E-state index >= 15 is 0 Å². The summed E-state index contributed by atoms with van der Waals surface area (Å²) in [5, 5.41) is 8.89. The van der Waals surface area contributed by atoms with E-state index in [1.54, 1.807) is 38.1 Å². The van der Waals surface area contributed by atoms with Crippen LogP contribution in [0.4, 0.5) is 5.82 Å².